The number of nitrogens with zero attached hydrogens (tertiary/aromatic N) is 1. The van der Waals surface area contributed by atoms with Crippen molar-refractivity contribution in [3.63, 3.8) is 0 Å². The van der Waals surface area contributed by atoms with Gasteiger partial charge in [0.2, 0.25) is 5.91 Å². The molecule has 9 heavy (non-hydrogen) atoms. The highest BCUT2D eigenvalue weighted by molar-refractivity contribution is 5.72. The predicted molar refractivity (Wildman–Crippen MR) is 32.2 cm³/mol. The first-order valence-corrected chi connectivity index (χ1v) is 2.88. The van der Waals surface area contributed by atoms with E-state index in [0.29, 0.717) is 19.3 Å². The van der Waals surface area contributed by atoms with Crippen molar-refractivity contribution in [3.8, 4) is 6.07 Å². The number of carbonyl (C=O) groups excluding carboxylic acids is 1. The number of rotatable bonds is 4. The van der Waals surface area contributed by atoms with Crippen molar-refractivity contribution in [1.82, 2.24) is 5.73 Å². The third kappa shape index (κ3) is 6.96. The molecule has 3 nitrogen and oxygen atoms in total. The lowest BCUT2D eigenvalue weighted by atomic mass is 10.2. The number of hydrogen-bond donors (Lipinski definition) is 0. The molecule has 49 valence electrons. The molecule has 0 unspecified atom stereocenters. The summed E-state index contributed by atoms with van der Waals surface area (Å²) in [4.78, 5) is 9.99. The zero-order chi connectivity index (χ0) is 7.11. The van der Waals surface area contributed by atoms with Gasteiger partial charge in [-0.1, -0.05) is 0 Å². The lowest BCUT2D eigenvalue weighted by Gasteiger charge is -1.88. The van der Waals surface area contributed by atoms with E-state index in [4.69, 9.17) is 11.0 Å². The number of hydrogen-bond acceptors (Lipinski definition) is 2. The fourth-order valence-electron chi connectivity index (χ4n) is 0.490. The van der Waals surface area contributed by atoms with Crippen LogP contribution in [0.4, 0.5) is 0 Å². The van der Waals surface area contributed by atoms with E-state index in [0.717, 1.165) is 6.42 Å². The lowest BCUT2D eigenvalue weighted by Crippen LogP contribution is -1.95. The fourth-order valence-corrected chi connectivity index (χ4v) is 0.490. The van der Waals surface area contributed by atoms with Gasteiger partial charge >= 0.3 is 0 Å². The highest BCUT2D eigenvalue weighted by Gasteiger charge is 1.92. The van der Waals surface area contributed by atoms with Gasteiger partial charge in [-0.3, -0.25) is 10.5 Å². The Morgan fingerprint density at radius 3 is 2.67 bits per heavy atom. The van der Waals surface area contributed by atoms with Crippen LogP contribution in [0.5, 0.6) is 0 Å². The van der Waals surface area contributed by atoms with E-state index < -0.39 is 5.91 Å². The molecule has 0 aromatic carbocycles. The molecule has 0 aliphatic carbocycles. The van der Waals surface area contributed by atoms with E-state index in [1.165, 1.54) is 0 Å². The SMILES string of the molecule is N#CCCCCC([NH])=O. The molecule has 0 bridgehead atoms. The van der Waals surface area contributed by atoms with E-state index in [1.807, 2.05) is 6.07 Å². The number of amides is 1. The Labute approximate surface area is 54.5 Å². The van der Waals surface area contributed by atoms with Gasteiger partial charge in [0.05, 0.1) is 6.07 Å². The summed E-state index contributed by atoms with van der Waals surface area (Å²) in [7, 11) is 0. The topological polar surface area (TPSA) is 64.7 Å². The van der Waals surface area contributed by atoms with Gasteiger partial charge in [-0.05, 0) is 12.8 Å². The predicted octanol–water partition coefficient (Wildman–Crippen LogP) is 0.880. The highest BCUT2D eigenvalue weighted by Crippen LogP contribution is 1.97. The third-order valence-corrected chi connectivity index (χ3v) is 0.942. The van der Waals surface area contributed by atoms with Gasteiger partial charge in [0, 0.05) is 12.8 Å². The molecule has 0 spiro atoms. The summed E-state index contributed by atoms with van der Waals surface area (Å²) in [5.41, 5.74) is 6.49. The maximum absolute atomic E-state index is 9.99. The normalized spacial score (nSPS) is 8.33. The Bertz CT molecular complexity index is 126. The van der Waals surface area contributed by atoms with Gasteiger partial charge in [0.15, 0.2) is 0 Å². The van der Waals surface area contributed by atoms with Gasteiger partial charge in [-0.25, -0.2) is 0 Å². The van der Waals surface area contributed by atoms with Crippen LogP contribution in [0.15, 0.2) is 0 Å². The second kappa shape index (κ2) is 5.10. The Morgan fingerprint density at radius 1 is 1.56 bits per heavy atom. The molecule has 0 heterocycles. The zero-order valence-electron chi connectivity index (χ0n) is 5.18. The standard InChI is InChI=1S/C6H9N2O/c7-5-3-1-2-4-6(8)9/h8H,1-4H2. The van der Waals surface area contributed by atoms with Gasteiger partial charge in [0.25, 0.3) is 0 Å². The number of unbranched alkanes of at least 4 members (excludes halogenated alkanes) is 2. The minimum Gasteiger partial charge on any atom is -0.273 e. The molecule has 0 rings (SSSR count). The van der Waals surface area contributed by atoms with Crippen molar-refractivity contribution < 1.29 is 4.79 Å². The van der Waals surface area contributed by atoms with Crippen LogP contribution in [0.1, 0.15) is 25.7 Å². The maximum atomic E-state index is 9.99. The van der Waals surface area contributed by atoms with Gasteiger partial charge in [-0.15, -0.1) is 0 Å². The first-order valence-electron chi connectivity index (χ1n) is 2.88. The first kappa shape index (κ1) is 7.96. The summed E-state index contributed by atoms with van der Waals surface area (Å²) in [5.74, 6) is -0.534. The lowest BCUT2D eigenvalue weighted by molar-refractivity contribution is -0.118. The largest absolute Gasteiger partial charge is 0.273 e. The van der Waals surface area contributed by atoms with Crippen molar-refractivity contribution in [3.05, 3.63) is 0 Å². The molecule has 0 aliphatic rings. The van der Waals surface area contributed by atoms with Gasteiger partial charge in [-0.2, -0.15) is 5.26 Å². The Hall–Kier alpha value is -1.04. The third-order valence-electron chi connectivity index (χ3n) is 0.942. The van der Waals surface area contributed by atoms with E-state index in [-0.39, 0.29) is 0 Å². The van der Waals surface area contributed by atoms with Crippen LogP contribution in [0.2, 0.25) is 0 Å². The van der Waals surface area contributed by atoms with Crippen LogP contribution in [-0.2, 0) is 4.79 Å². The molecule has 3 heteroatoms. The highest BCUT2D eigenvalue weighted by atomic mass is 16.1. The Kier molecular flexibility index (Phi) is 4.51. The molecule has 1 amide bonds. The second-order valence-corrected chi connectivity index (χ2v) is 1.79. The van der Waals surface area contributed by atoms with Crippen LogP contribution in [-0.4, -0.2) is 5.91 Å². The summed E-state index contributed by atoms with van der Waals surface area (Å²) in [6, 6.07) is 1.97. The number of carbonyl (C=O) groups is 1. The zero-order valence-corrected chi connectivity index (χ0v) is 5.18. The molecule has 0 atom stereocenters. The maximum Gasteiger partial charge on any atom is 0.238 e. The van der Waals surface area contributed by atoms with Gasteiger partial charge in [0.1, 0.15) is 0 Å². The molecular weight excluding hydrogens is 116 g/mol. The quantitative estimate of drug-likeness (QED) is 0.523. The van der Waals surface area contributed by atoms with Crippen molar-refractivity contribution >= 4 is 5.91 Å². The van der Waals surface area contributed by atoms with Crippen LogP contribution in [0.25, 0.3) is 0 Å². The van der Waals surface area contributed by atoms with Crippen molar-refractivity contribution in [2.24, 2.45) is 0 Å². The van der Waals surface area contributed by atoms with E-state index in [1.54, 1.807) is 0 Å². The Balaban J connectivity index is 2.94. The summed E-state index contributed by atoms with van der Waals surface area (Å²) in [5, 5.41) is 8.05. The van der Waals surface area contributed by atoms with Crippen molar-refractivity contribution in [1.29, 1.82) is 5.26 Å². The molecule has 1 radical (unpaired) electrons. The summed E-state index contributed by atoms with van der Waals surface area (Å²) in [6.07, 6.45) is 2.20. The van der Waals surface area contributed by atoms with E-state index >= 15 is 0 Å². The minimum atomic E-state index is -0.534. The monoisotopic (exact) mass is 125 g/mol. The first-order chi connectivity index (χ1) is 4.27. The van der Waals surface area contributed by atoms with Crippen LogP contribution in [0.3, 0.4) is 0 Å². The molecule has 0 aromatic heterocycles. The summed E-state index contributed by atoms with van der Waals surface area (Å²) in [6.45, 7) is 0. The van der Waals surface area contributed by atoms with Gasteiger partial charge < -0.3 is 0 Å². The van der Waals surface area contributed by atoms with Crippen LogP contribution < -0.4 is 5.73 Å². The smallest absolute Gasteiger partial charge is 0.238 e. The summed E-state index contributed by atoms with van der Waals surface area (Å²) >= 11 is 0. The Morgan fingerprint density at radius 2 is 2.22 bits per heavy atom. The van der Waals surface area contributed by atoms with E-state index in [9.17, 15) is 4.79 Å². The second-order valence-electron chi connectivity index (χ2n) is 1.79. The van der Waals surface area contributed by atoms with E-state index in [2.05, 4.69) is 0 Å². The molecule has 1 N–H and O–H groups in total. The fraction of sp³-hybridized carbons (Fsp3) is 0.667. The average molecular weight is 125 g/mol. The van der Waals surface area contributed by atoms with Crippen molar-refractivity contribution in [2.75, 3.05) is 0 Å². The van der Waals surface area contributed by atoms with Crippen LogP contribution in [0, 0.1) is 11.3 Å². The minimum absolute atomic E-state index is 0.293. The number of nitriles is 1. The van der Waals surface area contributed by atoms with Crippen LogP contribution >= 0.6 is 0 Å². The molecule has 0 fully saturated rings. The molecule has 0 aromatic rings. The molecular formula is C6H9N2O. The molecule has 0 saturated heterocycles. The van der Waals surface area contributed by atoms with Crippen molar-refractivity contribution in [2.45, 2.75) is 25.7 Å². The number of nitrogens with one attached hydrogen (secondary N) is 1. The molecule has 0 aliphatic heterocycles. The molecule has 0 saturated carbocycles. The average Bonchev–Trinajstić information content (AvgIpc) is 1.80. The summed E-state index contributed by atoms with van der Waals surface area (Å²) < 4.78 is 0.